The fourth-order valence-electron chi connectivity index (χ4n) is 3.05. The van der Waals surface area contributed by atoms with Crippen LogP contribution in [-0.2, 0) is 4.79 Å². The molecule has 0 aliphatic carbocycles. The van der Waals surface area contributed by atoms with E-state index in [9.17, 15) is 4.79 Å². The molecule has 1 amide bonds. The Bertz CT molecular complexity index is 1020. The molecule has 3 N–H and O–H groups in total. The summed E-state index contributed by atoms with van der Waals surface area (Å²) in [6.45, 7) is 2.03. The van der Waals surface area contributed by atoms with Crippen molar-refractivity contribution >= 4 is 34.0 Å². The van der Waals surface area contributed by atoms with Gasteiger partial charge in [0.15, 0.2) is 6.20 Å². The average molecular weight is 363 g/mol. The second kappa shape index (κ2) is 7.09. The monoisotopic (exact) mass is 363 g/mol. The van der Waals surface area contributed by atoms with Crippen molar-refractivity contribution in [2.45, 2.75) is 19.3 Å². The molecule has 2 aromatic carbocycles. The maximum Gasteiger partial charge on any atom is 0.303 e. The number of carbonyl (C=O) groups excluding carboxylic acids is 1. The first kappa shape index (κ1) is 16.5. The van der Waals surface area contributed by atoms with Crippen LogP contribution in [0, 0.1) is 0 Å². The van der Waals surface area contributed by atoms with Gasteiger partial charge < -0.3 is 10.3 Å². The third kappa shape index (κ3) is 3.23. The quantitative estimate of drug-likeness (QED) is 0.557. The van der Waals surface area contributed by atoms with Crippen LogP contribution in [-0.4, -0.2) is 15.9 Å². The fourth-order valence-corrected chi connectivity index (χ4v) is 3.67. The smallest absolute Gasteiger partial charge is 0.303 e. The third-order valence-corrected chi connectivity index (χ3v) is 5.18. The molecule has 0 aliphatic rings. The van der Waals surface area contributed by atoms with Gasteiger partial charge in [-0.25, -0.2) is 4.98 Å². The van der Waals surface area contributed by atoms with Crippen molar-refractivity contribution in [1.29, 1.82) is 0 Å². The highest BCUT2D eigenvalue weighted by Gasteiger charge is 2.19. The minimum absolute atomic E-state index is 0.00405. The van der Waals surface area contributed by atoms with Crippen LogP contribution in [0.15, 0.2) is 60.1 Å². The van der Waals surface area contributed by atoms with Crippen LogP contribution in [0.3, 0.4) is 0 Å². The predicted molar refractivity (Wildman–Crippen MR) is 104 cm³/mol. The molecule has 0 saturated heterocycles. The lowest BCUT2D eigenvalue weighted by Crippen LogP contribution is -2.20. The Balaban J connectivity index is 1.57. The molecular formula is C20H19N4OS+. The molecular weight excluding hydrogens is 344 g/mol. The average Bonchev–Trinajstić information content (AvgIpc) is 3.32. The first-order chi connectivity index (χ1) is 12.7. The molecule has 130 valence electrons. The van der Waals surface area contributed by atoms with E-state index in [0.717, 1.165) is 39.5 Å². The number of nitrogens with one attached hydrogen (secondary N) is 3. The number of hydrogen-bond donors (Lipinski definition) is 2. The Kier molecular flexibility index (Phi) is 4.50. The van der Waals surface area contributed by atoms with Crippen molar-refractivity contribution in [2.24, 2.45) is 0 Å². The highest BCUT2D eigenvalue weighted by Crippen LogP contribution is 2.25. The number of carbonyl (C=O) groups is 1. The molecule has 1 atom stereocenters. The summed E-state index contributed by atoms with van der Waals surface area (Å²) in [6.07, 6.45) is 2.63. The number of aromatic nitrogens is 3. The number of anilines is 1. The minimum atomic E-state index is -0.162. The summed E-state index contributed by atoms with van der Waals surface area (Å²) in [7, 11) is 0. The zero-order valence-corrected chi connectivity index (χ0v) is 15.1. The van der Waals surface area contributed by atoms with Gasteiger partial charge >= 0.3 is 5.01 Å². The van der Waals surface area contributed by atoms with Crippen LogP contribution in [0.25, 0.3) is 21.9 Å². The minimum Gasteiger partial charge on any atom is -0.332 e. The summed E-state index contributed by atoms with van der Waals surface area (Å²) in [4.78, 5) is 23.8. The van der Waals surface area contributed by atoms with E-state index >= 15 is 0 Å². The molecule has 0 aliphatic heterocycles. The molecule has 0 fully saturated rings. The van der Waals surface area contributed by atoms with Crippen molar-refractivity contribution in [3.63, 3.8) is 0 Å². The zero-order chi connectivity index (χ0) is 17.9. The molecule has 0 bridgehead atoms. The van der Waals surface area contributed by atoms with Crippen LogP contribution in [0.5, 0.6) is 0 Å². The Hall–Kier alpha value is -2.99. The Morgan fingerprint density at radius 3 is 2.85 bits per heavy atom. The highest BCUT2D eigenvalue weighted by molar-refractivity contribution is 7.12. The van der Waals surface area contributed by atoms with Crippen molar-refractivity contribution in [3.8, 4) is 10.8 Å². The van der Waals surface area contributed by atoms with Crippen LogP contribution >= 0.6 is 11.3 Å². The van der Waals surface area contributed by atoms with Gasteiger partial charge in [0.05, 0.1) is 22.3 Å². The van der Waals surface area contributed by atoms with E-state index in [-0.39, 0.29) is 11.8 Å². The molecule has 2 aromatic heterocycles. The van der Waals surface area contributed by atoms with Gasteiger partial charge in [0.1, 0.15) is 0 Å². The molecule has 1 unspecified atom stereocenters. The van der Waals surface area contributed by atoms with Gasteiger partial charge in [-0.1, -0.05) is 48.6 Å². The second-order valence-electron chi connectivity index (χ2n) is 6.07. The van der Waals surface area contributed by atoms with Crippen LogP contribution in [0.1, 0.15) is 24.8 Å². The van der Waals surface area contributed by atoms with E-state index in [0.29, 0.717) is 0 Å². The number of imidazole rings is 1. The predicted octanol–water partition coefficient (Wildman–Crippen LogP) is 4.24. The summed E-state index contributed by atoms with van der Waals surface area (Å²) in [5.41, 5.74) is 3.56. The van der Waals surface area contributed by atoms with Gasteiger partial charge in [0, 0.05) is 5.69 Å². The molecule has 4 aromatic rings. The SMILES string of the molecule is CCC(C(=O)Nc1ccc2nc(-c3[nH+]ccs3)[nH]c2c1)c1ccccc1. The second-order valence-corrected chi connectivity index (χ2v) is 6.99. The van der Waals surface area contributed by atoms with Crippen molar-refractivity contribution in [2.75, 3.05) is 5.32 Å². The number of fused-ring (bicyclic) bond motifs is 1. The maximum absolute atomic E-state index is 12.7. The largest absolute Gasteiger partial charge is 0.332 e. The number of rotatable bonds is 5. The number of H-pyrrole nitrogens is 2. The molecule has 0 radical (unpaired) electrons. The maximum atomic E-state index is 12.7. The van der Waals surface area contributed by atoms with Gasteiger partial charge in [-0.3, -0.25) is 4.79 Å². The van der Waals surface area contributed by atoms with E-state index in [2.05, 4.69) is 20.3 Å². The lowest BCUT2D eigenvalue weighted by atomic mass is 9.95. The number of aromatic amines is 2. The van der Waals surface area contributed by atoms with Crippen LogP contribution < -0.4 is 10.3 Å². The van der Waals surface area contributed by atoms with Crippen molar-refractivity contribution in [3.05, 3.63) is 65.7 Å². The zero-order valence-electron chi connectivity index (χ0n) is 14.3. The summed E-state index contributed by atoms with van der Waals surface area (Å²) in [5, 5.41) is 5.98. The Labute approximate surface area is 155 Å². The summed E-state index contributed by atoms with van der Waals surface area (Å²) < 4.78 is 0. The lowest BCUT2D eigenvalue weighted by molar-refractivity contribution is -0.358. The Morgan fingerprint density at radius 2 is 2.12 bits per heavy atom. The number of hydrogen-bond acceptors (Lipinski definition) is 3. The van der Waals surface area contributed by atoms with Gasteiger partial charge in [-0.2, -0.15) is 4.98 Å². The van der Waals surface area contributed by atoms with Gasteiger partial charge in [0.2, 0.25) is 11.7 Å². The molecule has 0 spiro atoms. The summed E-state index contributed by atoms with van der Waals surface area (Å²) in [6, 6.07) is 15.6. The van der Waals surface area contributed by atoms with Crippen molar-refractivity contribution < 1.29 is 9.78 Å². The van der Waals surface area contributed by atoms with Gasteiger partial charge in [0.25, 0.3) is 0 Å². The molecule has 4 rings (SSSR count). The normalized spacial score (nSPS) is 12.2. The van der Waals surface area contributed by atoms with Crippen molar-refractivity contribution in [1.82, 2.24) is 9.97 Å². The number of nitrogens with zero attached hydrogens (tertiary/aromatic N) is 1. The molecule has 0 saturated carbocycles. The fraction of sp³-hybridized carbons (Fsp3) is 0.150. The van der Waals surface area contributed by atoms with E-state index in [1.807, 2.05) is 67.0 Å². The van der Waals surface area contributed by atoms with Gasteiger partial charge in [-0.15, -0.1) is 0 Å². The number of thiazole rings is 1. The van der Waals surface area contributed by atoms with Crippen LogP contribution in [0.4, 0.5) is 5.69 Å². The van der Waals surface area contributed by atoms with E-state index in [1.165, 1.54) is 0 Å². The Morgan fingerprint density at radius 1 is 1.27 bits per heavy atom. The number of benzene rings is 2. The third-order valence-electron chi connectivity index (χ3n) is 4.36. The van der Waals surface area contributed by atoms with E-state index < -0.39 is 0 Å². The number of amides is 1. The summed E-state index contributed by atoms with van der Waals surface area (Å²) in [5.74, 6) is 0.642. The molecule has 5 nitrogen and oxygen atoms in total. The van der Waals surface area contributed by atoms with Gasteiger partial charge in [-0.05, 0) is 30.2 Å². The topological polar surface area (TPSA) is 71.9 Å². The van der Waals surface area contributed by atoms with E-state index in [4.69, 9.17) is 0 Å². The molecule has 6 heteroatoms. The lowest BCUT2D eigenvalue weighted by Gasteiger charge is -2.15. The van der Waals surface area contributed by atoms with E-state index in [1.54, 1.807) is 11.3 Å². The van der Waals surface area contributed by atoms with Crippen LogP contribution in [0.2, 0.25) is 0 Å². The molecule has 2 heterocycles. The first-order valence-corrected chi connectivity index (χ1v) is 9.43. The highest BCUT2D eigenvalue weighted by atomic mass is 32.1. The standard InChI is InChI=1S/C20H18N4OS/c1-2-15(13-6-4-3-5-7-13)19(25)22-14-8-9-16-17(12-14)24-18(23-16)20-21-10-11-26-20/h3-12,15H,2H2,1H3,(H,22,25)(H,23,24)/p+1. The first-order valence-electron chi connectivity index (χ1n) is 8.55. The summed E-state index contributed by atoms with van der Waals surface area (Å²) >= 11 is 1.59. The molecule has 26 heavy (non-hydrogen) atoms.